The van der Waals surface area contributed by atoms with Crippen molar-refractivity contribution in [2.45, 2.75) is 44.7 Å². The largest absolute Gasteiger partial charge is 0.352 e. The molecule has 0 aliphatic carbocycles. The molecule has 8 nitrogen and oxygen atoms in total. The lowest BCUT2D eigenvalue weighted by Gasteiger charge is -2.41. The Bertz CT molecular complexity index is 462. The van der Waals surface area contributed by atoms with Crippen LogP contribution in [0.3, 0.4) is 0 Å². The molecule has 0 saturated carbocycles. The molecule has 0 aromatic carbocycles. The van der Waals surface area contributed by atoms with Gasteiger partial charge in [-0.3, -0.25) is 9.59 Å². The van der Waals surface area contributed by atoms with Crippen LogP contribution in [0, 0.1) is 0 Å². The molecule has 0 spiro atoms. The van der Waals surface area contributed by atoms with E-state index in [2.05, 4.69) is 10.6 Å². The number of nitrogens with two attached hydrogens (primary N) is 1. The van der Waals surface area contributed by atoms with Gasteiger partial charge in [0, 0.05) is 32.2 Å². The van der Waals surface area contributed by atoms with Crippen molar-refractivity contribution in [1.82, 2.24) is 20.4 Å². The summed E-state index contributed by atoms with van der Waals surface area (Å²) >= 11 is 0. The van der Waals surface area contributed by atoms with Crippen LogP contribution < -0.4 is 16.4 Å². The van der Waals surface area contributed by atoms with Gasteiger partial charge in [-0.15, -0.1) is 12.4 Å². The molecule has 0 radical (unpaired) electrons. The first kappa shape index (κ1) is 20.5. The van der Waals surface area contributed by atoms with Crippen LogP contribution in [0.15, 0.2) is 0 Å². The van der Waals surface area contributed by atoms with E-state index >= 15 is 0 Å². The van der Waals surface area contributed by atoms with Gasteiger partial charge in [0.15, 0.2) is 0 Å². The molecule has 2 heterocycles. The van der Waals surface area contributed by atoms with Crippen molar-refractivity contribution in [2.24, 2.45) is 5.73 Å². The molecule has 2 rings (SSSR count). The summed E-state index contributed by atoms with van der Waals surface area (Å²) in [6.45, 7) is 5.00. The van der Waals surface area contributed by atoms with Gasteiger partial charge in [-0.25, -0.2) is 4.79 Å². The highest BCUT2D eigenvalue weighted by Crippen LogP contribution is 2.18. The molecule has 2 aliphatic rings. The molecule has 0 aromatic rings. The van der Waals surface area contributed by atoms with Gasteiger partial charge in [0.1, 0.15) is 6.04 Å². The van der Waals surface area contributed by atoms with Crippen LogP contribution in [0.1, 0.15) is 32.6 Å². The number of carbonyl (C=O) groups is 3. The van der Waals surface area contributed by atoms with E-state index in [9.17, 15) is 14.4 Å². The first-order valence-electron chi connectivity index (χ1n) is 8.38. The average Bonchev–Trinajstić information content (AvgIpc) is 2.54. The summed E-state index contributed by atoms with van der Waals surface area (Å²) in [5.74, 6) is -0.00569. The number of likely N-dealkylation sites (tertiary alicyclic amines) is 1. The van der Waals surface area contributed by atoms with Crippen LogP contribution in [0.2, 0.25) is 0 Å². The highest BCUT2D eigenvalue weighted by molar-refractivity contribution is 5.87. The number of nitrogens with one attached hydrogen (secondary N) is 2. The number of nitrogens with zero attached hydrogens (tertiary/aromatic N) is 2. The number of urea groups is 1. The Hall–Kier alpha value is -1.54. The Morgan fingerprint density at radius 1 is 1.42 bits per heavy atom. The molecule has 138 valence electrons. The number of hydrogen-bond donors (Lipinski definition) is 3. The van der Waals surface area contributed by atoms with Gasteiger partial charge in [-0.1, -0.05) is 13.3 Å². The van der Waals surface area contributed by atoms with Gasteiger partial charge in [-0.05, 0) is 19.3 Å². The third kappa shape index (κ3) is 5.24. The second-order valence-electron chi connectivity index (χ2n) is 6.19. The summed E-state index contributed by atoms with van der Waals surface area (Å²) in [6, 6.07) is -1.18. The number of piperidine rings is 1. The van der Waals surface area contributed by atoms with Crippen LogP contribution >= 0.6 is 12.4 Å². The monoisotopic (exact) mass is 361 g/mol. The molecule has 0 aromatic heterocycles. The summed E-state index contributed by atoms with van der Waals surface area (Å²) < 4.78 is 0. The summed E-state index contributed by atoms with van der Waals surface area (Å²) in [5, 5.41) is 5.60. The van der Waals surface area contributed by atoms with Gasteiger partial charge >= 0.3 is 6.03 Å². The van der Waals surface area contributed by atoms with E-state index in [0.717, 1.165) is 25.8 Å². The smallest absolute Gasteiger partial charge is 0.312 e. The molecule has 2 fully saturated rings. The van der Waals surface area contributed by atoms with Crippen LogP contribution in [-0.2, 0) is 9.59 Å². The topological polar surface area (TPSA) is 108 Å². The number of carbonyl (C=O) groups excluding carboxylic acids is 3. The zero-order valence-electron chi connectivity index (χ0n) is 14.1. The fraction of sp³-hybridized carbons (Fsp3) is 0.800. The Balaban J connectivity index is 0.00000288. The SMILES string of the molecule is CCC[C@@H](NC(N)=O)C(=O)N1CCCC(N2CCNCC2=O)C1.Cl. The van der Waals surface area contributed by atoms with Crippen molar-refractivity contribution in [2.75, 3.05) is 32.7 Å². The Morgan fingerprint density at radius 2 is 2.17 bits per heavy atom. The van der Waals surface area contributed by atoms with Crippen molar-refractivity contribution in [3.05, 3.63) is 0 Å². The minimum atomic E-state index is -0.678. The second-order valence-corrected chi connectivity index (χ2v) is 6.19. The molecule has 2 saturated heterocycles. The van der Waals surface area contributed by atoms with Crippen LogP contribution in [-0.4, -0.2) is 72.5 Å². The first-order chi connectivity index (χ1) is 11.0. The van der Waals surface area contributed by atoms with Crippen LogP contribution in [0.4, 0.5) is 4.79 Å². The molecule has 2 aliphatic heterocycles. The fourth-order valence-electron chi connectivity index (χ4n) is 3.35. The van der Waals surface area contributed by atoms with Gasteiger partial charge in [-0.2, -0.15) is 0 Å². The summed E-state index contributed by atoms with van der Waals surface area (Å²) in [4.78, 5) is 39.5. The van der Waals surface area contributed by atoms with Crippen molar-refractivity contribution >= 4 is 30.3 Å². The molecular weight excluding hydrogens is 334 g/mol. The maximum absolute atomic E-state index is 12.7. The molecule has 0 bridgehead atoms. The van der Waals surface area contributed by atoms with Crippen LogP contribution in [0.5, 0.6) is 0 Å². The summed E-state index contributed by atoms with van der Waals surface area (Å²) in [6.07, 6.45) is 3.12. The molecular formula is C15H28ClN5O3. The Labute approximate surface area is 148 Å². The minimum Gasteiger partial charge on any atom is -0.352 e. The highest BCUT2D eigenvalue weighted by Gasteiger charge is 2.33. The number of halogens is 1. The zero-order chi connectivity index (χ0) is 16.8. The number of piperazine rings is 1. The molecule has 1 unspecified atom stereocenters. The van der Waals surface area contributed by atoms with Gasteiger partial charge in [0.25, 0.3) is 0 Å². The number of amides is 4. The number of primary amides is 1. The van der Waals surface area contributed by atoms with Crippen molar-refractivity contribution < 1.29 is 14.4 Å². The van der Waals surface area contributed by atoms with Gasteiger partial charge in [0.05, 0.1) is 6.54 Å². The standard InChI is InChI=1S/C15H27N5O3.ClH/c1-2-4-12(18-15(16)23)14(22)19-7-3-5-11(10-19)20-8-6-17-9-13(20)21;/h11-12,17H,2-10H2,1H3,(H3,16,18,23);1H/t11?,12-;/m1./s1. The lowest BCUT2D eigenvalue weighted by atomic mass is 10.0. The van der Waals surface area contributed by atoms with Gasteiger partial charge < -0.3 is 26.2 Å². The van der Waals surface area contributed by atoms with E-state index in [1.807, 2.05) is 11.8 Å². The third-order valence-corrected chi connectivity index (χ3v) is 4.47. The molecule has 9 heteroatoms. The molecule has 4 amide bonds. The highest BCUT2D eigenvalue weighted by atomic mass is 35.5. The molecule has 4 N–H and O–H groups in total. The van der Waals surface area contributed by atoms with E-state index in [1.54, 1.807) is 4.90 Å². The quantitative estimate of drug-likeness (QED) is 0.623. The molecule has 2 atom stereocenters. The predicted octanol–water partition coefficient (Wildman–Crippen LogP) is -0.332. The van der Waals surface area contributed by atoms with Crippen molar-refractivity contribution in [3.8, 4) is 0 Å². The third-order valence-electron chi connectivity index (χ3n) is 4.47. The Morgan fingerprint density at radius 3 is 2.79 bits per heavy atom. The Kier molecular flexibility index (Phi) is 8.27. The van der Waals surface area contributed by atoms with E-state index in [0.29, 0.717) is 32.6 Å². The summed E-state index contributed by atoms with van der Waals surface area (Å²) in [7, 11) is 0. The second kappa shape index (κ2) is 9.68. The van der Waals surface area contributed by atoms with E-state index < -0.39 is 12.1 Å². The van der Waals surface area contributed by atoms with Crippen molar-refractivity contribution in [1.29, 1.82) is 0 Å². The lowest BCUT2D eigenvalue weighted by molar-refractivity contribution is -0.141. The normalized spacial score (nSPS) is 22.5. The van der Waals surface area contributed by atoms with Gasteiger partial charge in [0.2, 0.25) is 11.8 Å². The van der Waals surface area contributed by atoms with Crippen LogP contribution in [0.25, 0.3) is 0 Å². The van der Waals surface area contributed by atoms with E-state index in [4.69, 9.17) is 5.73 Å². The van der Waals surface area contributed by atoms with E-state index in [-0.39, 0.29) is 30.3 Å². The summed E-state index contributed by atoms with van der Waals surface area (Å²) in [5.41, 5.74) is 5.17. The maximum Gasteiger partial charge on any atom is 0.312 e. The fourth-order valence-corrected chi connectivity index (χ4v) is 3.35. The number of rotatable bonds is 5. The maximum atomic E-state index is 12.7. The number of hydrogen-bond acceptors (Lipinski definition) is 4. The van der Waals surface area contributed by atoms with Crippen molar-refractivity contribution in [3.63, 3.8) is 0 Å². The minimum absolute atomic E-state index is 0. The first-order valence-corrected chi connectivity index (χ1v) is 8.38. The average molecular weight is 362 g/mol. The molecule has 24 heavy (non-hydrogen) atoms. The lowest BCUT2D eigenvalue weighted by Crippen LogP contribution is -2.59. The predicted molar refractivity (Wildman–Crippen MR) is 92.8 cm³/mol. The zero-order valence-corrected chi connectivity index (χ0v) is 14.9. The van der Waals surface area contributed by atoms with E-state index in [1.165, 1.54) is 0 Å².